The van der Waals surface area contributed by atoms with Gasteiger partial charge in [-0.25, -0.2) is 8.42 Å². The predicted octanol–water partition coefficient (Wildman–Crippen LogP) is 0.974. The highest BCUT2D eigenvalue weighted by Gasteiger charge is 2.08. The number of aliphatic hydroxyl groups is 1. The van der Waals surface area contributed by atoms with Crippen molar-refractivity contribution < 1.29 is 13.5 Å². The molecule has 0 radical (unpaired) electrons. The Labute approximate surface area is 74.7 Å². The SMILES string of the molecule is CCCCCCS(=O)(=O)CCO. The second-order valence-electron chi connectivity index (χ2n) is 2.94. The molecule has 4 heteroatoms. The number of unbranched alkanes of at least 4 members (excludes halogenated alkanes) is 3. The molecule has 0 aromatic carbocycles. The fourth-order valence-corrected chi connectivity index (χ4v) is 2.12. The van der Waals surface area contributed by atoms with Gasteiger partial charge in [-0.2, -0.15) is 0 Å². The van der Waals surface area contributed by atoms with E-state index in [9.17, 15) is 8.42 Å². The van der Waals surface area contributed by atoms with Crippen molar-refractivity contribution in [2.24, 2.45) is 0 Å². The fourth-order valence-electron chi connectivity index (χ4n) is 0.990. The van der Waals surface area contributed by atoms with E-state index >= 15 is 0 Å². The molecule has 0 atom stereocenters. The third kappa shape index (κ3) is 6.61. The summed E-state index contributed by atoms with van der Waals surface area (Å²) in [7, 11) is -2.96. The van der Waals surface area contributed by atoms with Gasteiger partial charge in [-0.3, -0.25) is 0 Å². The highest BCUT2D eigenvalue weighted by Crippen LogP contribution is 2.02. The Morgan fingerprint density at radius 2 is 1.75 bits per heavy atom. The van der Waals surface area contributed by atoms with Crippen LogP contribution in [0.3, 0.4) is 0 Å². The topological polar surface area (TPSA) is 54.4 Å². The lowest BCUT2D eigenvalue weighted by Crippen LogP contribution is -2.13. The van der Waals surface area contributed by atoms with Gasteiger partial charge < -0.3 is 5.11 Å². The van der Waals surface area contributed by atoms with Crippen LogP contribution in [0.1, 0.15) is 32.6 Å². The maximum atomic E-state index is 11.0. The van der Waals surface area contributed by atoms with Crippen LogP contribution in [-0.2, 0) is 9.84 Å². The third-order valence-corrected chi connectivity index (χ3v) is 3.43. The number of sulfone groups is 1. The minimum Gasteiger partial charge on any atom is -0.395 e. The first-order valence-electron chi connectivity index (χ1n) is 4.43. The minimum absolute atomic E-state index is 0.0842. The van der Waals surface area contributed by atoms with Crippen LogP contribution in [-0.4, -0.2) is 31.6 Å². The van der Waals surface area contributed by atoms with E-state index in [0.717, 1.165) is 25.7 Å². The van der Waals surface area contributed by atoms with Crippen molar-refractivity contribution in [3.05, 3.63) is 0 Å². The second kappa shape index (κ2) is 6.43. The molecule has 0 heterocycles. The molecule has 0 saturated heterocycles. The molecule has 0 saturated carbocycles. The van der Waals surface area contributed by atoms with E-state index in [-0.39, 0.29) is 18.1 Å². The average molecular weight is 194 g/mol. The predicted molar refractivity (Wildman–Crippen MR) is 49.9 cm³/mol. The van der Waals surface area contributed by atoms with E-state index in [0.29, 0.717) is 0 Å². The fraction of sp³-hybridized carbons (Fsp3) is 1.00. The molecule has 1 N–H and O–H groups in total. The number of hydrogen-bond acceptors (Lipinski definition) is 3. The molecular formula is C8H18O3S. The Hall–Kier alpha value is -0.0900. The number of aliphatic hydroxyl groups excluding tert-OH is 1. The van der Waals surface area contributed by atoms with Gasteiger partial charge >= 0.3 is 0 Å². The molecule has 0 fully saturated rings. The largest absolute Gasteiger partial charge is 0.395 e. The highest BCUT2D eigenvalue weighted by molar-refractivity contribution is 7.91. The summed E-state index contributed by atoms with van der Waals surface area (Å²) in [6, 6.07) is 0. The Morgan fingerprint density at radius 3 is 2.25 bits per heavy atom. The summed E-state index contributed by atoms with van der Waals surface area (Å²) >= 11 is 0. The number of hydrogen-bond donors (Lipinski definition) is 1. The van der Waals surface area contributed by atoms with E-state index in [2.05, 4.69) is 6.92 Å². The van der Waals surface area contributed by atoms with Gasteiger partial charge in [0, 0.05) is 0 Å². The van der Waals surface area contributed by atoms with Gasteiger partial charge in [0.15, 0.2) is 9.84 Å². The molecule has 0 amide bonds. The lowest BCUT2D eigenvalue weighted by molar-refractivity contribution is 0.319. The Morgan fingerprint density at radius 1 is 1.08 bits per heavy atom. The van der Waals surface area contributed by atoms with Gasteiger partial charge in [-0.05, 0) is 6.42 Å². The van der Waals surface area contributed by atoms with Crippen molar-refractivity contribution in [1.29, 1.82) is 0 Å². The zero-order valence-electron chi connectivity index (χ0n) is 7.62. The summed E-state index contributed by atoms with van der Waals surface area (Å²) in [5.41, 5.74) is 0. The van der Waals surface area contributed by atoms with Crippen molar-refractivity contribution >= 4 is 9.84 Å². The molecular weight excluding hydrogens is 176 g/mol. The van der Waals surface area contributed by atoms with Crippen LogP contribution in [0.4, 0.5) is 0 Å². The van der Waals surface area contributed by atoms with Gasteiger partial charge in [0.25, 0.3) is 0 Å². The van der Waals surface area contributed by atoms with Crippen molar-refractivity contribution in [3.63, 3.8) is 0 Å². The van der Waals surface area contributed by atoms with Gasteiger partial charge in [0.1, 0.15) is 0 Å². The normalized spacial score (nSPS) is 11.8. The van der Waals surface area contributed by atoms with Gasteiger partial charge in [0.05, 0.1) is 18.1 Å². The Bertz CT molecular complexity index is 184. The van der Waals surface area contributed by atoms with Crippen molar-refractivity contribution in [2.75, 3.05) is 18.1 Å². The number of rotatable bonds is 7. The average Bonchev–Trinajstić information content (AvgIpc) is 1.98. The smallest absolute Gasteiger partial charge is 0.152 e. The van der Waals surface area contributed by atoms with E-state index in [4.69, 9.17) is 5.11 Å². The molecule has 0 aliphatic rings. The first kappa shape index (κ1) is 11.9. The third-order valence-electron chi connectivity index (χ3n) is 1.71. The molecule has 12 heavy (non-hydrogen) atoms. The van der Waals surface area contributed by atoms with Crippen LogP contribution < -0.4 is 0 Å². The molecule has 74 valence electrons. The van der Waals surface area contributed by atoms with Crippen molar-refractivity contribution in [3.8, 4) is 0 Å². The summed E-state index contributed by atoms with van der Waals surface area (Å²) in [6.45, 7) is 1.83. The van der Waals surface area contributed by atoms with Crippen LogP contribution in [0.5, 0.6) is 0 Å². The quantitative estimate of drug-likeness (QED) is 0.614. The maximum Gasteiger partial charge on any atom is 0.152 e. The molecule has 0 aromatic heterocycles. The van der Waals surface area contributed by atoms with Gasteiger partial charge in [0.2, 0.25) is 0 Å². The van der Waals surface area contributed by atoms with E-state index in [1.54, 1.807) is 0 Å². The summed E-state index contributed by atoms with van der Waals surface area (Å²) in [5, 5.41) is 8.43. The molecule has 0 aromatic rings. The summed E-state index contributed by atoms with van der Waals surface area (Å²) in [5.74, 6) is 0.146. The van der Waals surface area contributed by atoms with Crippen LogP contribution in [0.15, 0.2) is 0 Å². The summed E-state index contributed by atoms with van der Waals surface area (Å²) in [4.78, 5) is 0. The standard InChI is InChI=1S/C8H18O3S/c1-2-3-4-5-7-12(10,11)8-6-9/h9H,2-8H2,1H3. The molecule has 3 nitrogen and oxygen atoms in total. The summed E-state index contributed by atoms with van der Waals surface area (Å²) < 4.78 is 22.1. The first-order chi connectivity index (χ1) is 5.62. The van der Waals surface area contributed by atoms with E-state index in [1.807, 2.05) is 0 Å². The van der Waals surface area contributed by atoms with Gasteiger partial charge in [-0.15, -0.1) is 0 Å². The molecule has 0 aliphatic heterocycles. The lowest BCUT2D eigenvalue weighted by atomic mass is 10.2. The van der Waals surface area contributed by atoms with Crippen molar-refractivity contribution in [2.45, 2.75) is 32.6 Å². The zero-order chi connectivity index (χ0) is 9.45. The monoisotopic (exact) mass is 194 g/mol. The molecule has 0 bridgehead atoms. The van der Waals surface area contributed by atoms with Crippen LogP contribution in [0, 0.1) is 0 Å². The van der Waals surface area contributed by atoms with Crippen molar-refractivity contribution in [1.82, 2.24) is 0 Å². The Kier molecular flexibility index (Phi) is 6.38. The van der Waals surface area contributed by atoms with Gasteiger partial charge in [-0.1, -0.05) is 26.2 Å². The minimum atomic E-state index is -2.96. The molecule has 0 spiro atoms. The van der Waals surface area contributed by atoms with Crippen LogP contribution in [0.2, 0.25) is 0 Å². The summed E-state index contributed by atoms with van der Waals surface area (Å²) in [6.07, 6.45) is 3.91. The first-order valence-corrected chi connectivity index (χ1v) is 6.26. The van der Waals surface area contributed by atoms with Crippen LogP contribution >= 0.6 is 0 Å². The van der Waals surface area contributed by atoms with Crippen LogP contribution in [0.25, 0.3) is 0 Å². The van der Waals surface area contributed by atoms with E-state index < -0.39 is 9.84 Å². The van der Waals surface area contributed by atoms with E-state index in [1.165, 1.54) is 0 Å². The Balaban J connectivity index is 3.48. The molecule has 0 aliphatic carbocycles. The zero-order valence-corrected chi connectivity index (χ0v) is 8.44. The molecule has 0 unspecified atom stereocenters. The maximum absolute atomic E-state index is 11.0. The lowest BCUT2D eigenvalue weighted by Gasteiger charge is -2.00. The second-order valence-corrected chi connectivity index (χ2v) is 5.24. The highest BCUT2D eigenvalue weighted by atomic mass is 32.2. The molecule has 0 rings (SSSR count).